The summed E-state index contributed by atoms with van der Waals surface area (Å²) >= 11 is 2.59. The lowest BCUT2D eigenvalue weighted by Gasteiger charge is -2.09. The molecule has 7 nitrogen and oxygen atoms in total. The Morgan fingerprint density at radius 1 is 1.25 bits per heavy atom. The van der Waals surface area contributed by atoms with Crippen molar-refractivity contribution >= 4 is 40.0 Å². The topological polar surface area (TPSA) is 86.1 Å². The van der Waals surface area contributed by atoms with Gasteiger partial charge in [0.25, 0.3) is 0 Å². The van der Waals surface area contributed by atoms with Crippen molar-refractivity contribution in [3.63, 3.8) is 0 Å². The molecule has 0 aliphatic heterocycles. The number of anilines is 1. The van der Waals surface area contributed by atoms with E-state index in [1.807, 2.05) is 42.7 Å². The number of esters is 1. The maximum Gasteiger partial charge on any atom is 0.340 e. The van der Waals surface area contributed by atoms with Gasteiger partial charge < -0.3 is 14.6 Å². The Balaban J connectivity index is 1.70. The van der Waals surface area contributed by atoms with Crippen LogP contribution in [0.4, 0.5) is 5.00 Å². The van der Waals surface area contributed by atoms with Gasteiger partial charge >= 0.3 is 5.97 Å². The first kappa shape index (κ1) is 20.1. The number of benzene rings is 1. The smallest absolute Gasteiger partial charge is 0.340 e. The number of aromatic nitrogens is 3. The number of thioether (sulfide) groups is 1. The average molecular weight is 417 g/mol. The zero-order chi connectivity index (χ0) is 20.1. The number of nitrogens with one attached hydrogen (secondary N) is 1. The lowest BCUT2D eigenvalue weighted by Crippen LogP contribution is -2.16. The highest BCUT2D eigenvalue weighted by molar-refractivity contribution is 7.99. The largest absolute Gasteiger partial charge is 0.465 e. The van der Waals surface area contributed by atoms with Crippen LogP contribution in [-0.2, 0) is 16.1 Å². The minimum Gasteiger partial charge on any atom is -0.465 e. The molecule has 0 aliphatic rings. The monoisotopic (exact) mass is 416 g/mol. The van der Waals surface area contributed by atoms with Crippen molar-refractivity contribution in [2.24, 2.45) is 0 Å². The van der Waals surface area contributed by atoms with E-state index in [-0.39, 0.29) is 11.7 Å². The van der Waals surface area contributed by atoms with Crippen LogP contribution < -0.4 is 5.32 Å². The van der Waals surface area contributed by atoms with Gasteiger partial charge in [-0.1, -0.05) is 36.0 Å². The molecule has 0 saturated carbocycles. The van der Waals surface area contributed by atoms with Crippen molar-refractivity contribution in [2.45, 2.75) is 25.5 Å². The molecule has 0 fully saturated rings. The van der Waals surface area contributed by atoms with Gasteiger partial charge in [0, 0.05) is 12.1 Å². The molecule has 3 aromatic rings. The Morgan fingerprint density at radius 3 is 2.75 bits per heavy atom. The molecular formula is C19H20N4O3S2. The fourth-order valence-corrected chi connectivity index (χ4v) is 4.27. The minimum absolute atomic E-state index is 0.157. The highest BCUT2D eigenvalue weighted by Crippen LogP contribution is 2.27. The number of hydrogen-bond donors (Lipinski definition) is 1. The summed E-state index contributed by atoms with van der Waals surface area (Å²) in [6.45, 7) is 4.74. The fourth-order valence-electron chi connectivity index (χ4n) is 2.67. The van der Waals surface area contributed by atoms with Gasteiger partial charge in [-0.2, -0.15) is 0 Å². The summed E-state index contributed by atoms with van der Waals surface area (Å²) in [5, 5.41) is 14.2. The second-order valence-electron chi connectivity index (χ2n) is 5.86. The molecule has 2 aromatic heterocycles. The number of methoxy groups -OCH3 is 1. The lowest BCUT2D eigenvalue weighted by atomic mass is 10.1. The number of carbonyl (C=O) groups excluding carboxylic acids is 2. The second-order valence-corrected chi connectivity index (χ2v) is 7.72. The molecule has 146 valence electrons. The maximum atomic E-state index is 12.3. The van der Waals surface area contributed by atoms with Crippen molar-refractivity contribution in [3.05, 3.63) is 46.8 Å². The van der Waals surface area contributed by atoms with Crippen molar-refractivity contribution in [1.82, 2.24) is 14.8 Å². The van der Waals surface area contributed by atoms with Crippen LogP contribution in [0.15, 0.2) is 40.9 Å². The highest BCUT2D eigenvalue weighted by Gasteiger charge is 2.18. The predicted octanol–water partition coefficient (Wildman–Crippen LogP) is 3.85. The summed E-state index contributed by atoms with van der Waals surface area (Å²) in [4.78, 5) is 24.1. The summed E-state index contributed by atoms with van der Waals surface area (Å²) < 4.78 is 6.71. The number of hydrogen-bond acceptors (Lipinski definition) is 7. The molecule has 0 bridgehead atoms. The summed E-state index contributed by atoms with van der Waals surface area (Å²) in [5.41, 5.74) is 2.49. The first-order chi connectivity index (χ1) is 13.5. The third-order valence-corrected chi connectivity index (χ3v) is 5.87. The van der Waals surface area contributed by atoms with Gasteiger partial charge in [0.2, 0.25) is 5.91 Å². The van der Waals surface area contributed by atoms with Crippen molar-refractivity contribution in [1.29, 1.82) is 0 Å². The lowest BCUT2D eigenvalue weighted by molar-refractivity contribution is -0.113. The van der Waals surface area contributed by atoms with E-state index >= 15 is 0 Å². The molecular weight excluding hydrogens is 396 g/mol. The average Bonchev–Trinajstić information content (AvgIpc) is 3.32. The summed E-state index contributed by atoms with van der Waals surface area (Å²) in [6, 6.07) is 9.62. The van der Waals surface area contributed by atoms with Gasteiger partial charge in [-0.05, 0) is 30.9 Å². The van der Waals surface area contributed by atoms with Crippen LogP contribution in [-0.4, -0.2) is 39.5 Å². The van der Waals surface area contributed by atoms with Crippen molar-refractivity contribution in [3.8, 4) is 11.4 Å². The molecule has 3 rings (SSSR count). The summed E-state index contributed by atoms with van der Waals surface area (Å²) in [5.74, 6) is 0.248. The van der Waals surface area contributed by atoms with Crippen molar-refractivity contribution < 1.29 is 14.3 Å². The van der Waals surface area contributed by atoms with Crippen LogP contribution in [0.25, 0.3) is 11.4 Å². The first-order valence-electron chi connectivity index (χ1n) is 8.62. The molecule has 9 heteroatoms. The van der Waals surface area contributed by atoms with Gasteiger partial charge in [0.05, 0.1) is 18.4 Å². The zero-order valence-corrected chi connectivity index (χ0v) is 17.4. The van der Waals surface area contributed by atoms with Crippen molar-refractivity contribution in [2.75, 3.05) is 18.2 Å². The van der Waals surface area contributed by atoms with Gasteiger partial charge in [-0.3, -0.25) is 4.79 Å². The van der Waals surface area contributed by atoms with Gasteiger partial charge in [-0.15, -0.1) is 21.5 Å². The third kappa shape index (κ3) is 4.26. The Kier molecular flexibility index (Phi) is 6.48. The first-order valence-corrected chi connectivity index (χ1v) is 10.5. The van der Waals surface area contributed by atoms with Gasteiger partial charge in [0.1, 0.15) is 5.00 Å². The van der Waals surface area contributed by atoms with E-state index in [4.69, 9.17) is 4.74 Å². The Hall–Kier alpha value is -2.65. The van der Waals surface area contributed by atoms with E-state index in [2.05, 4.69) is 15.5 Å². The van der Waals surface area contributed by atoms with Crippen LogP contribution in [0.5, 0.6) is 0 Å². The van der Waals surface area contributed by atoms with Crippen LogP contribution in [0.2, 0.25) is 0 Å². The van der Waals surface area contributed by atoms with E-state index in [9.17, 15) is 9.59 Å². The Labute approximate surface area is 171 Å². The van der Waals surface area contributed by atoms with Gasteiger partial charge in [-0.25, -0.2) is 4.79 Å². The normalized spacial score (nSPS) is 10.7. The molecule has 0 unspecified atom stereocenters. The van der Waals surface area contributed by atoms with Crippen LogP contribution >= 0.6 is 23.1 Å². The van der Waals surface area contributed by atoms with Crippen LogP contribution in [0.1, 0.15) is 22.8 Å². The van der Waals surface area contributed by atoms with Crippen LogP contribution in [0, 0.1) is 6.92 Å². The molecule has 0 aliphatic carbocycles. The fraction of sp³-hybridized carbons (Fsp3) is 0.263. The van der Waals surface area contributed by atoms with Crippen LogP contribution in [0.3, 0.4) is 0 Å². The number of ether oxygens (including phenoxy) is 1. The molecule has 1 amide bonds. The third-order valence-electron chi connectivity index (χ3n) is 4.07. The molecule has 28 heavy (non-hydrogen) atoms. The van der Waals surface area contributed by atoms with Gasteiger partial charge in [0.15, 0.2) is 11.0 Å². The van der Waals surface area contributed by atoms with E-state index in [0.29, 0.717) is 22.3 Å². The Bertz CT molecular complexity index is 997. The molecule has 1 aromatic carbocycles. The predicted molar refractivity (Wildman–Crippen MR) is 111 cm³/mol. The molecule has 0 spiro atoms. The highest BCUT2D eigenvalue weighted by atomic mass is 32.2. The number of aryl methyl sites for hydroxylation is 1. The van der Waals surface area contributed by atoms with E-state index in [1.54, 1.807) is 11.4 Å². The molecule has 0 saturated heterocycles. The number of amides is 1. The number of nitrogens with zero attached hydrogens (tertiary/aromatic N) is 3. The van der Waals surface area contributed by atoms with E-state index in [1.165, 1.54) is 30.2 Å². The number of thiophene rings is 1. The second kappa shape index (κ2) is 9.03. The molecule has 0 atom stereocenters. The quantitative estimate of drug-likeness (QED) is 0.465. The summed E-state index contributed by atoms with van der Waals surface area (Å²) in [7, 11) is 1.31. The van der Waals surface area contributed by atoms with E-state index < -0.39 is 5.97 Å². The molecule has 0 radical (unpaired) electrons. The zero-order valence-electron chi connectivity index (χ0n) is 15.8. The number of carbonyl (C=O) groups is 2. The maximum absolute atomic E-state index is 12.3. The SMILES string of the molecule is CCn1c(SCC(=O)Nc2sccc2C(=O)OC)nnc1-c1ccccc1C. The number of rotatable bonds is 7. The molecule has 1 N–H and O–H groups in total. The Morgan fingerprint density at radius 2 is 2.04 bits per heavy atom. The standard InChI is InChI=1S/C19H20N4O3S2/c1-4-23-16(13-8-6-5-7-12(13)2)21-22-19(23)28-11-15(24)20-17-14(9-10-27-17)18(25)26-3/h5-10H,4,11H2,1-3H3,(H,20,24). The summed E-state index contributed by atoms with van der Waals surface area (Å²) in [6.07, 6.45) is 0. The minimum atomic E-state index is -0.474. The molecule has 2 heterocycles. The van der Waals surface area contributed by atoms with E-state index in [0.717, 1.165) is 17.0 Å².